The zero-order valence-electron chi connectivity index (χ0n) is 6.56. The van der Waals surface area contributed by atoms with Crippen LogP contribution in [0.2, 0.25) is 0 Å². The molecule has 4 nitrogen and oxygen atoms in total. The van der Waals surface area contributed by atoms with Gasteiger partial charge in [0, 0.05) is 26.2 Å². The molecule has 10 heavy (non-hydrogen) atoms. The topological polar surface area (TPSA) is 76.1 Å². The first-order chi connectivity index (χ1) is 4.81. The van der Waals surface area contributed by atoms with E-state index in [4.69, 9.17) is 11.5 Å². The molecule has 62 valence electrons. The van der Waals surface area contributed by atoms with E-state index in [0.717, 1.165) is 13.1 Å². The van der Waals surface area contributed by atoms with Crippen LogP contribution in [-0.4, -0.2) is 32.3 Å². The molecule has 0 fully saturated rings. The molecule has 6 N–H and O–H groups in total. The van der Waals surface area contributed by atoms with Crippen molar-refractivity contribution in [3.8, 4) is 0 Å². The number of nitrogens with two attached hydrogens (primary N) is 2. The van der Waals surface area contributed by atoms with E-state index in [-0.39, 0.29) is 0 Å². The Balaban J connectivity index is 3.00. The van der Waals surface area contributed by atoms with E-state index in [1.165, 1.54) is 0 Å². The van der Waals surface area contributed by atoms with Gasteiger partial charge in [-0.25, -0.2) is 0 Å². The van der Waals surface area contributed by atoms with Crippen molar-refractivity contribution in [3.05, 3.63) is 0 Å². The van der Waals surface area contributed by atoms with Crippen LogP contribution in [0.15, 0.2) is 0 Å². The lowest BCUT2D eigenvalue weighted by Gasteiger charge is -2.13. The molecule has 4 heteroatoms. The maximum atomic E-state index is 5.29. The summed E-state index contributed by atoms with van der Waals surface area (Å²) in [5.41, 5.74) is 10.6. The first-order valence-electron chi connectivity index (χ1n) is 3.68. The predicted octanol–water partition coefficient (Wildman–Crippen LogP) is -1.57. The highest BCUT2D eigenvalue weighted by Crippen LogP contribution is 1.70. The van der Waals surface area contributed by atoms with E-state index < -0.39 is 0 Å². The lowest BCUT2D eigenvalue weighted by Crippen LogP contribution is -2.43. The average Bonchev–Trinajstić information content (AvgIpc) is 1.97. The van der Waals surface area contributed by atoms with Gasteiger partial charge in [0.05, 0.1) is 6.17 Å². The van der Waals surface area contributed by atoms with Crippen LogP contribution in [0.25, 0.3) is 0 Å². The van der Waals surface area contributed by atoms with Crippen molar-refractivity contribution in [2.45, 2.75) is 13.1 Å². The second kappa shape index (κ2) is 6.95. The fourth-order valence-corrected chi connectivity index (χ4v) is 0.672. The number of nitrogens with one attached hydrogen (secondary N) is 2. The zero-order chi connectivity index (χ0) is 7.82. The summed E-state index contributed by atoms with van der Waals surface area (Å²) in [5.74, 6) is 0. The van der Waals surface area contributed by atoms with Gasteiger partial charge in [-0.15, -0.1) is 0 Å². The molecule has 0 aliphatic rings. The Morgan fingerprint density at radius 3 is 1.80 bits per heavy atom. The molecule has 0 heterocycles. The van der Waals surface area contributed by atoms with Crippen molar-refractivity contribution >= 4 is 0 Å². The van der Waals surface area contributed by atoms with E-state index in [9.17, 15) is 0 Å². The van der Waals surface area contributed by atoms with Gasteiger partial charge in [-0.05, 0) is 6.92 Å². The van der Waals surface area contributed by atoms with E-state index in [2.05, 4.69) is 10.6 Å². The minimum atomic E-state index is 0.312. The molecule has 0 rings (SSSR count). The van der Waals surface area contributed by atoms with Gasteiger partial charge in [-0.3, -0.25) is 0 Å². The Kier molecular flexibility index (Phi) is 6.84. The molecular weight excluding hydrogens is 128 g/mol. The molecule has 0 aliphatic carbocycles. The first kappa shape index (κ1) is 9.84. The molecule has 0 atom stereocenters. The second-order valence-electron chi connectivity index (χ2n) is 2.21. The predicted molar refractivity (Wildman–Crippen MR) is 43.6 cm³/mol. The average molecular weight is 146 g/mol. The normalized spacial score (nSPS) is 10.8. The summed E-state index contributed by atoms with van der Waals surface area (Å²) in [6.45, 7) is 5.09. The van der Waals surface area contributed by atoms with Crippen molar-refractivity contribution in [2.24, 2.45) is 11.5 Å². The van der Waals surface area contributed by atoms with Gasteiger partial charge in [0.1, 0.15) is 0 Å². The third-order valence-corrected chi connectivity index (χ3v) is 1.19. The van der Waals surface area contributed by atoms with Crippen LogP contribution in [-0.2, 0) is 0 Å². The highest BCUT2D eigenvalue weighted by molar-refractivity contribution is 4.57. The molecule has 0 aliphatic heterocycles. The summed E-state index contributed by atoms with van der Waals surface area (Å²) in [6.07, 6.45) is 0.312. The van der Waals surface area contributed by atoms with Crippen LogP contribution in [0.5, 0.6) is 0 Å². The van der Waals surface area contributed by atoms with Crippen LogP contribution < -0.4 is 22.1 Å². The Morgan fingerprint density at radius 1 is 1.10 bits per heavy atom. The molecule has 0 aromatic heterocycles. The van der Waals surface area contributed by atoms with Gasteiger partial charge >= 0.3 is 0 Å². The number of hydrogen-bond donors (Lipinski definition) is 4. The Bertz CT molecular complexity index is 58.8. The summed E-state index contributed by atoms with van der Waals surface area (Å²) >= 11 is 0. The molecule has 0 amide bonds. The fourth-order valence-electron chi connectivity index (χ4n) is 0.672. The monoisotopic (exact) mass is 146 g/mol. The number of rotatable bonds is 6. The Morgan fingerprint density at radius 2 is 1.50 bits per heavy atom. The third kappa shape index (κ3) is 5.97. The van der Waals surface area contributed by atoms with Crippen LogP contribution in [0.3, 0.4) is 0 Å². The SMILES string of the molecule is CC(NCCN)NCCN. The van der Waals surface area contributed by atoms with Gasteiger partial charge in [-0.2, -0.15) is 0 Å². The van der Waals surface area contributed by atoms with Gasteiger partial charge < -0.3 is 22.1 Å². The fraction of sp³-hybridized carbons (Fsp3) is 1.00. The summed E-state index contributed by atoms with van der Waals surface area (Å²) in [4.78, 5) is 0. The molecule has 0 saturated heterocycles. The maximum Gasteiger partial charge on any atom is 0.0543 e. The lowest BCUT2D eigenvalue weighted by molar-refractivity contribution is 0.465. The van der Waals surface area contributed by atoms with Crippen LogP contribution in [0.4, 0.5) is 0 Å². The molecule has 0 radical (unpaired) electrons. The quantitative estimate of drug-likeness (QED) is 0.341. The molecule has 0 aromatic rings. The van der Waals surface area contributed by atoms with E-state index in [1.54, 1.807) is 0 Å². The largest absolute Gasteiger partial charge is 0.329 e. The summed E-state index contributed by atoms with van der Waals surface area (Å²) in [7, 11) is 0. The van der Waals surface area contributed by atoms with Gasteiger partial charge in [0.15, 0.2) is 0 Å². The van der Waals surface area contributed by atoms with Crippen LogP contribution >= 0.6 is 0 Å². The number of hydrogen-bond acceptors (Lipinski definition) is 4. The summed E-state index contributed by atoms with van der Waals surface area (Å²) in [5, 5.41) is 6.35. The molecule has 0 unspecified atom stereocenters. The highest BCUT2D eigenvalue weighted by atomic mass is 15.1. The standard InChI is InChI=1S/C6H18N4/c1-6(9-4-2-7)10-5-3-8/h6,9-10H,2-5,7-8H2,1H3. The first-order valence-corrected chi connectivity index (χ1v) is 3.68. The highest BCUT2D eigenvalue weighted by Gasteiger charge is 1.95. The minimum absolute atomic E-state index is 0.312. The minimum Gasteiger partial charge on any atom is -0.329 e. The molecule has 0 aromatic carbocycles. The van der Waals surface area contributed by atoms with Crippen molar-refractivity contribution in [1.29, 1.82) is 0 Å². The Hall–Kier alpha value is -0.160. The van der Waals surface area contributed by atoms with Crippen molar-refractivity contribution in [1.82, 2.24) is 10.6 Å². The second-order valence-corrected chi connectivity index (χ2v) is 2.21. The molecule has 0 spiro atoms. The van der Waals surface area contributed by atoms with E-state index >= 15 is 0 Å². The van der Waals surface area contributed by atoms with E-state index in [0.29, 0.717) is 19.3 Å². The van der Waals surface area contributed by atoms with E-state index in [1.807, 2.05) is 6.92 Å². The van der Waals surface area contributed by atoms with Crippen molar-refractivity contribution in [2.75, 3.05) is 26.2 Å². The molecule has 0 bridgehead atoms. The van der Waals surface area contributed by atoms with Crippen molar-refractivity contribution < 1.29 is 0 Å². The third-order valence-electron chi connectivity index (χ3n) is 1.19. The Labute approximate surface area is 62.3 Å². The van der Waals surface area contributed by atoms with Gasteiger partial charge in [0.25, 0.3) is 0 Å². The maximum absolute atomic E-state index is 5.29. The molecule has 0 saturated carbocycles. The van der Waals surface area contributed by atoms with Gasteiger partial charge in [0.2, 0.25) is 0 Å². The zero-order valence-corrected chi connectivity index (χ0v) is 6.56. The lowest BCUT2D eigenvalue weighted by atomic mass is 10.5. The van der Waals surface area contributed by atoms with Gasteiger partial charge in [-0.1, -0.05) is 0 Å². The smallest absolute Gasteiger partial charge is 0.0543 e. The molecular formula is C6H18N4. The summed E-state index contributed by atoms with van der Waals surface area (Å²) in [6, 6.07) is 0. The summed E-state index contributed by atoms with van der Waals surface area (Å²) < 4.78 is 0. The van der Waals surface area contributed by atoms with Crippen LogP contribution in [0.1, 0.15) is 6.92 Å². The van der Waals surface area contributed by atoms with Crippen molar-refractivity contribution in [3.63, 3.8) is 0 Å². The van der Waals surface area contributed by atoms with Crippen LogP contribution in [0, 0.1) is 0 Å².